The van der Waals surface area contributed by atoms with Gasteiger partial charge in [0, 0.05) is 0 Å². The predicted molar refractivity (Wildman–Crippen MR) is 60.7 cm³/mol. The van der Waals surface area contributed by atoms with Crippen molar-refractivity contribution in [2.24, 2.45) is 0 Å². The van der Waals surface area contributed by atoms with Gasteiger partial charge in [-0.05, 0) is 31.5 Å². The third kappa shape index (κ3) is 3.56. The van der Waals surface area contributed by atoms with Gasteiger partial charge in [-0.1, -0.05) is 18.8 Å². The molecule has 16 heavy (non-hydrogen) atoms. The molecule has 1 atom stereocenters. The van der Waals surface area contributed by atoms with Gasteiger partial charge >= 0.3 is 0 Å². The Morgan fingerprint density at radius 1 is 1.50 bits per heavy atom. The van der Waals surface area contributed by atoms with Crippen molar-refractivity contribution in [3.05, 3.63) is 29.6 Å². The van der Waals surface area contributed by atoms with E-state index in [2.05, 4.69) is 11.8 Å². The Hall–Kier alpha value is -1.53. The summed E-state index contributed by atoms with van der Waals surface area (Å²) in [5.74, 6) is 5.34. The highest BCUT2D eigenvalue weighted by Gasteiger charge is 2.06. The molecule has 1 aromatic rings. The first-order chi connectivity index (χ1) is 7.67. The molecule has 0 fully saturated rings. The highest BCUT2D eigenvalue weighted by Crippen LogP contribution is 2.20. The van der Waals surface area contributed by atoms with Gasteiger partial charge in [0.15, 0.2) is 0 Å². The molecule has 0 amide bonds. The molecule has 0 bridgehead atoms. The first-order valence-electron chi connectivity index (χ1n) is 5.23. The molecule has 0 aliphatic heterocycles. The van der Waals surface area contributed by atoms with Crippen molar-refractivity contribution < 1.29 is 14.2 Å². The van der Waals surface area contributed by atoms with Gasteiger partial charge in [-0.15, -0.1) is 0 Å². The molecule has 0 aliphatic carbocycles. The van der Waals surface area contributed by atoms with Crippen LogP contribution < -0.4 is 4.74 Å². The quantitative estimate of drug-likeness (QED) is 0.795. The number of hydrogen-bond donors (Lipinski definition) is 1. The molecular weight excluding hydrogens is 207 g/mol. The van der Waals surface area contributed by atoms with Crippen LogP contribution in [0.25, 0.3) is 0 Å². The molecule has 0 heterocycles. The van der Waals surface area contributed by atoms with Crippen LogP contribution in [0.4, 0.5) is 4.39 Å². The van der Waals surface area contributed by atoms with Crippen LogP contribution in [0.5, 0.6) is 5.75 Å². The monoisotopic (exact) mass is 222 g/mol. The maximum absolute atomic E-state index is 13.0. The van der Waals surface area contributed by atoms with Crippen LogP contribution in [-0.2, 0) is 0 Å². The van der Waals surface area contributed by atoms with E-state index in [0.717, 1.165) is 6.42 Å². The van der Waals surface area contributed by atoms with E-state index in [4.69, 9.17) is 9.84 Å². The minimum Gasteiger partial charge on any atom is -0.489 e. The number of benzene rings is 1. The van der Waals surface area contributed by atoms with E-state index in [1.165, 1.54) is 12.1 Å². The van der Waals surface area contributed by atoms with Gasteiger partial charge in [-0.25, -0.2) is 4.39 Å². The van der Waals surface area contributed by atoms with Gasteiger partial charge in [0.2, 0.25) is 0 Å². The lowest BCUT2D eigenvalue weighted by Crippen LogP contribution is -2.10. The number of aliphatic hydroxyl groups excluding tert-OH is 1. The summed E-state index contributed by atoms with van der Waals surface area (Å²) in [7, 11) is 0. The normalized spacial score (nSPS) is 11.5. The molecule has 3 heteroatoms. The Bertz CT molecular complexity index is 404. The number of halogens is 1. The maximum Gasteiger partial charge on any atom is 0.135 e. The Morgan fingerprint density at radius 2 is 2.25 bits per heavy atom. The number of aliphatic hydroxyl groups is 1. The zero-order chi connectivity index (χ0) is 12.0. The molecule has 1 aromatic carbocycles. The van der Waals surface area contributed by atoms with Gasteiger partial charge < -0.3 is 9.84 Å². The minimum absolute atomic E-state index is 0.0557. The van der Waals surface area contributed by atoms with Crippen molar-refractivity contribution in [3.8, 4) is 17.6 Å². The van der Waals surface area contributed by atoms with Crippen LogP contribution in [-0.4, -0.2) is 17.8 Å². The van der Waals surface area contributed by atoms with Crippen LogP contribution in [0.3, 0.4) is 0 Å². The van der Waals surface area contributed by atoms with E-state index in [1.807, 2.05) is 13.8 Å². The largest absolute Gasteiger partial charge is 0.489 e. The first-order valence-corrected chi connectivity index (χ1v) is 5.23. The molecule has 0 aromatic heterocycles. The molecule has 0 aliphatic rings. The lowest BCUT2D eigenvalue weighted by molar-refractivity contribution is 0.216. The molecule has 1 rings (SSSR count). The van der Waals surface area contributed by atoms with Crippen LogP contribution in [0.15, 0.2) is 18.2 Å². The zero-order valence-corrected chi connectivity index (χ0v) is 9.46. The predicted octanol–water partition coefficient (Wildman–Crippen LogP) is 2.35. The third-order valence-electron chi connectivity index (χ3n) is 2.15. The Kier molecular flexibility index (Phi) is 4.81. The average molecular weight is 222 g/mol. The molecule has 1 N–H and O–H groups in total. The number of rotatable bonds is 3. The van der Waals surface area contributed by atoms with Crippen molar-refractivity contribution in [1.82, 2.24) is 0 Å². The van der Waals surface area contributed by atoms with Gasteiger partial charge in [0.25, 0.3) is 0 Å². The fourth-order valence-electron chi connectivity index (χ4n) is 1.14. The highest BCUT2D eigenvalue weighted by atomic mass is 19.1. The molecule has 0 saturated heterocycles. The van der Waals surface area contributed by atoms with Crippen molar-refractivity contribution in [3.63, 3.8) is 0 Å². The van der Waals surface area contributed by atoms with E-state index in [1.54, 1.807) is 6.07 Å². The van der Waals surface area contributed by atoms with Crippen molar-refractivity contribution in [2.45, 2.75) is 26.4 Å². The summed E-state index contributed by atoms with van der Waals surface area (Å²) in [4.78, 5) is 0. The summed E-state index contributed by atoms with van der Waals surface area (Å²) < 4.78 is 18.6. The highest BCUT2D eigenvalue weighted by molar-refractivity contribution is 5.46. The van der Waals surface area contributed by atoms with Crippen LogP contribution >= 0.6 is 0 Å². The van der Waals surface area contributed by atoms with Crippen LogP contribution in [0.2, 0.25) is 0 Å². The summed E-state index contributed by atoms with van der Waals surface area (Å²) in [6, 6.07) is 4.20. The Morgan fingerprint density at radius 3 is 2.88 bits per heavy atom. The third-order valence-corrected chi connectivity index (χ3v) is 2.15. The molecule has 0 radical (unpaired) electrons. The Balaban J connectivity index is 2.98. The van der Waals surface area contributed by atoms with Crippen LogP contribution in [0.1, 0.15) is 25.8 Å². The van der Waals surface area contributed by atoms with Gasteiger partial charge in [-0.2, -0.15) is 0 Å². The SMILES string of the molecule is CCC(C)Oc1ccc(F)cc1C#CCO. The molecular formula is C13H15FO2. The second-order valence-electron chi connectivity index (χ2n) is 3.44. The summed E-state index contributed by atoms with van der Waals surface area (Å²) in [6.45, 7) is 3.69. The van der Waals surface area contributed by atoms with Crippen molar-refractivity contribution in [2.75, 3.05) is 6.61 Å². The topological polar surface area (TPSA) is 29.5 Å². The summed E-state index contributed by atoms with van der Waals surface area (Å²) in [5, 5.41) is 8.61. The van der Waals surface area contributed by atoms with E-state index in [0.29, 0.717) is 11.3 Å². The first kappa shape index (κ1) is 12.5. The van der Waals surface area contributed by atoms with Crippen molar-refractivity contribution in [1.29, 1.82) is 0 Å². The Labute approximate surface area is 95.1 Å². The smallest absolute Gasteiger partial charge is 0.135 e. The summed E-state index contributed by atoms with van der Waals surface area (Å²) in [5.41, 5.74) is 0.467. The van der Waals surface area contributed by atoms with E-state index in [-0.39, 0.29) is 18.5 Å². The molecule has 1 unspecified atom stereocenters. The fraction of sp³-hybridized carbons (Fsp3) is 0.385. The molecule has 86 valence electrons. The molecule has 0 spiro atoms. The van der Waals surface area contributed by atoms with Gasteiger partial charge in [0.1, 0.15) is 18.2 Å². The van der Waals surface area contributed by atoms with Gasteiger partial charge in [-0.3, -0.25) is 0 Å². The van der Waals surface area contributed by atoms with Gasteiger partial charge in [0.05, 0.1) is 11.7 Å². The summed E-state index contributed by atoms with van der Waals surface area (Å²) in [6.07, 6.45) is 0.921. The minimum atomic E-state index is -0.362. The zero-order valence-electron chi connectivity index (χ0n) is 9.46. The maximum atomic E-state index is 13.0. The van der Waals surface area contributed by atoms with E-state index >= 15 is 0 Å². The van der Waals surface area contributed by atoms with E-state index in [9.17, 15) is 4.39 Å². The van der Waals surface area contributed by atoms with E-state index < -0.39 is 0 Å². The lowest BCUT2D eigenvalue weighted by atomic mass is 10.2. The number of hydrogen-bond acceptors (Lipinski definition) is 2. The summed E-state index contributed by atoms with van der Waals surface area (Å²) >= 11 is 0. The lowest BCUT2D eigenvalue weighted by Gasteiger charge is -2.13. The molecule has 2 nitrogen and oxygen atoms in total. The molecule has 0 saturated carbocycles. The van der Waals surface area contributed by atoms with Crippen LogP contribution in [0, 0.1) is 17.7 Å². The van der Waals surface area contributed by atoms with Crippen molar-refractivity contribution >= 4 is 0 Å². The average Bonchev–Trinajstić information content (AvgIpc) is 2.29. The second kappa shape index (κ2) is 6.14. The fourth-order valence-corrected chi connectivity index (χ4v) is 1.14. The second-order valence-corrected chi connectivity index (χ2v) is 3.44. The number of ether oxygens (including phenoxy) is 1. The standard InChI is InChI=1S/C13H15FO2/c1-3-10(2)16-13-7-6-12(14)9-11(13)5-4-8-15/h6-7,9-10,15H,3,8H2,1-2H3.